The average Bonchev–Trinajstić information content (AvgIpc) is 2.87. The molecule has 0 radical (unpaired) electrons. The van der Waals surface area contributed by atoms with Gasteiger partial charge in [0, 0.05) is 42.8 Å². The van der Waals surface area contributed by atoms with E-state index in [2.05, 4.69) is 10.6 Å². The van der Waals surface area contributed by atoms with Crippen molar-refractivity contribution in [3.8, 4) is 11.5 Å². The maximum absolute atomic E-state index is 13.2. The molecule has 4 rings (SSSR count). The lowest BCUT2D eigenvalue weighted by Gasteiger charge is -2.35. The van der Waals surface area contributed by atoms with Crippen LogP contribution in [0.4, 0.5) is 26.7 Å². The summed E-state index contributed by atoms with van der Waals surface area (Å²) in [5.74, 6) is 1.38. The van der Waals surface area contributed by atoms with Crippen LogP contribution in [0.15, 0.2) is 66.7 Å². The van der Waals surface area contributed by atoms with Gasteiger partial charge in [0.15, 0.2) is 0 Å². The molecule has 1 heterocycles. The summed E-state index contributed by atoms with van der Waals surface area (Å²) >= 11 is 0. The number of urea groups is 2. The highest BCUT2D eigenvalue weighted by Gasteiger charge is 2.27. The van der Waals surface area contributed by atoms with Crippen LogP contribution in [0.2, 0.25) is 0 Å². The zero-order valence-corrected chi connectivity index (χ0v) is 20.2. The number of aryl methyl sites for hydroxylation is 1. The van der Waals surface area contributed by atoms with Crippen LogP contribution < -0.4 is 25.0 Å². The third kappa shape index (κ3) is 6.03. The Balaban J connectivity index is 1.39. The van der Waals surface area contributed by atoms with E-state index in [-0.39, 0.29) is 12.1 Å². The van der Waals surface area contributed by atoms with Crippen molar-refractivity contribution in [3.63, 3.8) is 0 Å². The molecule has 0 unspecified atom stereocenters. The first kappa shape index (κ1) is 23.9. The summed E-state index contributed by atoms with van der Waals surface area (Å²) in [6, 6.07) is 20.1. The van der Waals surface area contributed by atoms with Gasteiger partial charge in [-0.2, -0.15) is 0 Å². The lowest BCUT2D eigenvalue weighted by Crippen LogP contribution is -2.49. The van der Waals surface area contributed by atoms with Crippen molar-refractivity contribution in [2.24, 2.45) is 0 Å². The van der Waals surface area contributed by atoms with Gasteiger partial charge in [0.1, 0.15) is 11.5 Å². The van der Waals surface area contributed by atoms with Gasteiger partial charge in [-0.3, -0.25) is 4.90 Å². The molecule has 1 fully saturated rings. The number of methoxy groups -OCH3 is 2. The zero-order valence-electron chi connectivity index (χ0n) is 20.2. The van der Waals surface area contributed by atoms with E-state index in [1.165, 1.54) is 0 Å². The fraction of sp³-hybridized carbons (Fsp3) is 0.259. The van der Waals surface area contributed by atoms with Gasteiger partial charge >= 0.3 is 12.1 Å². The Morgan fingerprint density at radius 3 is 2.00 bits per heavy atom. The standard InChI is InChI=1S/C27H30N4O4/c1-19-5-7-21(8-6-19)28-26(32)29-22-9-11-23(12-10-22)31-14-4-13-30(27(31)33)18-20-15-24(34-2)17-25(16-20)35-3/h5-12,15-17H,4,13-14,18H2,1-3H3,(H2,28,29,32). The quantitative estimate of drug-likeness (QED) is 0.474. The number of nitrogens with one attached hydrogen (secondary N) is 2. The van der Waals surface area contributed by atoms with Crippen molar-refractivity contribution in [2.45, 2.75) is 19.9 Å². The van der Waals surface area contributed by atoms with Crippen molar-refractivity contribution in [2.75, 3.05) is 42.8 Å². The maximum atomic E-state index is 13.2. The molecule has 2 N–H and O–H groups in total. The Morgan fingerprint density at radius 1 is 0.857 bits per heavy atom. The van der Waals surface area contributed by atoms with Gasteiger partial charge in [0.25, 0.3) is 0 Å². The number of anilines is 3. The fourth-order valence-electron chi connectivity index (χ4n) is 4.00. The summed E-state index contributed by atoms with van der Waals surface area (Å²) in [4.78, 5) is 29.1. The largest absolute Gasteiger partial charge is 0.497 e. The second kappa shape index (κ2) is 10.8. The van der Waals surface area contributed by atoms with Crippen LogP contribution in [0.3, 0.4) is 0 Å². The minimum Gasteiger partial charge on any atom is -0.497 e. The van der Waals surface area contributed by atoms with Crippen LogP contribution in [-0.2, 0) is 6.54 Å². The molecule has 0 saturated carbocycles. The molecule has 0 atom stereocenters. The van der Waals surface area contributed by atoms with E-state index in [0.717, 1.165) is 28.9 Å². The third-order valence-electron chi connectivity index (χ3n) is 5.84. The summed E-state index contributed by atoms with van der Waals surface area (Å²) in [7, 11) is 3.22. The highest BCUT2D eigenvalue weighted by Crippen LogP contribution is 2.26. The zero-order chi connectivity index (χ0) is 24.8. The van der Waals surface area contributed by atoms with Crippen molar-refractivity contribution in [3.05, 3.63) is 77.9 Å². The molecule has 8 nitrogen and oxygen atoms in total. The first-order valence-corrected chi connectivity index (χ1v) is 11.5. The van der Waals surface area contributed by atoms with E-state index < -0.39 is 0 Å². The normalized spacial score (nSPS) is 13.4. The molecule has 1 aliphatic heterocycles. The van der Waals surface area contributed by atoms with Gasteiger partial charge in [0.2, 0.25) is 0 Å². The summed E-state index contributed by atoms with van der Waals surface area (Å²) in [6.45, 7) is 3.76. The number of nitrogens with zero attached hydrogens (tertiary/aromatic N) is 2. The SMILES string of the molecule is COc1cc(CN2CCCN(c3ccc(NC(=O)Nc4ccc(C)cc4)cc3)C2=O)cc(OC)c1. The van der Waals surface area contributed by atoms with Crippen molar-refractivity contribution in [1.29, 1.82) is 0 Å². The Labute approximate surface area is 205 Å². The summed E-state index contributed by atoms with van der Waals surface area (Å²) in [5, 5.41) is 5.63. The van der Waals surface area contributed by atoms with Gasteiger partial charge in [-0.25, -0.2) is 9.59 Å². The summed E-state index contributed by atoms with van der Waals surface area (Å²) < 4.78 is 10.7. The van der Waals surface area contributed by atoms with Gasteiger partial charge in [-0.05, 0) is 67.4 Å². The Morgan fingerprint density at radius 2 is 1.43 bits per heavy atom. The van der Waals surface area contributed by atoms with Crippen molar-refractivity contribution >= 4 is 29.1 Å². The first-order chi connectivity index (χ1) is 16.9. The molecule has 0 aliphatic carbocycles. The number of hydrogen-bond acceptors (Lipinski definition) is 4. The first-order valence-electron chi connectivity index (χ1n) is 11.5. The molecule has 3 aromatic rings. The Kier molecular flexibility index (Phi) is 7.40. The van der Waals surface area contributed by atoms with Crippen LogP contribution in [-0.4, -0.2) is 44.3 Å². The number of carbonyl (C=O) groups excluding carboxylic acids is 2. The van der Waals surface area contributed by atoms with Gasteiger partial charge in [0.05, 0.1) is 14.2 Å². The second-order valence-corrected chi connectivity index (χ2v) is 8.42. The molecule has 0 bridgehead atoms. The Hall–Kier alpha value is -4.20. The molecule has 0 spiro atoms. The van der Waals surface area contributed by atoms with E-state index in [0.29, 0.717) is 36.8 Å². The number of carbonyl (C=O) groups is 2. The molecule has 4 amide bonds. The molecule has 182 valence electrons. The number of benzene rings is 3. The predicted octanol–water partition coefficient (Wildman–Crippen LogP) is 5.49. The van der Waals surface area contributed by atoms with Crippen LogP contribution in [0.25, 0.3) is 0 Å². The lowest BCUT2D eigenvalue weighted by atomic mass is 10.1. The predicted molar refractivity (Wildman–Crippen MR) is 138 cm³/mol. The molecular weight excluding hydrogens is 444 g/mol. The van der Waals surface area contributed by atoms with E-state index in [9.17, 15) is 9.59 Å². The van der Waals surface area contributed by atoms with Crippen LogP contribution in [0, 0.1) is 6.92 Å². The number of hydrogen-bond donors (Lipinski definition) is 2. The minimum absolute atomic E-state index is 0.0594. The van der Waals surface area contributed by atoms with Gasteiger partial charge in [-0.1, -0.05) is 17.7 Å². The summed E-state index contributed by atoms with van der Waals surface area (Å²) in [6.07, 6.45) is 0.853. The van der Waals surface area contributed by atoms with Crippen molar-refractivity contribution < 1.29 is 19.1 Å². The molecule has 35 heavy (non-hydrogen) atoms. The van der Waals surface area contributed by atoms with Gasteiger partial charge in [-0.15, -0.1) is 0 Å². The fourth-order valence-corrected chi connectivity index (χ4v) is 4.00. The Bertz CT molecular complexity index is 1160. The van der Waals surface area contributed by atoms with Crippen LogP contribution in [0.5, 0.6) is 11.5 Å². The molecule has 1 saturated heterocycles. The van der Waals surface area contributed by atoms with Crippen LogP contribution in [0.1, 0.15) is 17.5 Å². The lowest BCUT2D eigenvalue weighted by molar-refractivity contribution is 0.192. The summed E-state index contributed by atoms with van der Waals surface area (Å²) in [5.41, 5.74) is 4.21. The highest BCUT2D eigenvalue weighted by molar-refractivity contribution is 6.00. The molecule has 0 aromatic heterocycles. The van der Waals surface area contributed by atoms with E-state index in [1.807, 2.05) is 66.4 Å². The number of rotatable bonds is 7. The second-order valence-electron chi connectivity index (χ2n) is 8.42. The highest BCUT2D eigenvalue weighted by atomic mass is 16.5. The number of ether oxygens (including phenoxy) is 2. The van der Waals surface area contributed by atoms with E-state index in [1.54, 1.807) is 31.3 Å². The number of amides is 4. The molecule has 3 aromatic carbocycles. The van der Waals surface area contributed by atoms with E-state index in [4.69, 9.17) is 9.47 Å². The van der Waals surface area contributed by atoms with Gasteiger partial charge < -0.3 is 25.0 Å². The van der Waals surface area contributed by atoms with Crippen molar-refractivity contribution in [1.82, 2.24) is 4.90 Å². The average molecular weight is 475 g/mol. The molecule has 1 aliphatic rings. The maximum Gasteiger partial charge on any atom is 0.324 e. The van der Waals surface area contributed by atoms with E-state index >= 15 is 0 Å². The van der Waals surface area contributed by atoms with Crippen LogP contribution >= 0.6 is 0 Å². The third-order valence-corrected chi connectivity index (χ3v) is 5.84. The minimum atomic E-state index is -0.324. The molecule has 8 heteroatoms. The topological polar surface area (TPSA) is 83.1 Å². The monoisotopic (exact) mass is 474 g/mol. The molecular formula is C27H30N4O4. The smallest absolute Gasteiger partial charge is 0.324 e.